The number of hydrogen-bond acceptors (Lipinski definition) is 8. The second-order valence-corrected chi connectivity index (χ2v) is 6.31. The molecule has 9 nitrogen and oxygen atoms in total. The number of nitrogens with zero attached hydrogens (tertiary/aromatic N) is 1. The third-order valence-corrected chi connectivity index (χ3v) is 4.04. The molecule has 5 N–H and O–H groups in total. The predicted molar refractivity (Wildman–Crippen MR) is 111 cm³/mol. The van der Waals surface area contributed by atoms with Crippen molar-refractivity contribution in [3.05, 3.63) is 58.4 Å². The van der Waals surface area contributed by atoms with Crippen LogP contribution in [0.1, 0.15) is 21.5 Å². The number of amides is 1. The molecule has 2 rings (SSSR count). The van der Waals surface area contributed by atoms with Gasteiger partial charge in [0.25, 0.3) is 5.91 Å². The summed E-state index contributed by atoms with van der Waals surface area (Å²) in [5.74, 6) is -2.72. The topological polar surface area (TPSA) is 133 Å². The van der Waals surface area contributed by atoms with E-state index >= 15 is 0 Å². The number of hydroxylamine groups is 1. The van der Waals surface area contributed by atoms with E-state index < -0.39 is 66.1 Å². The van der Waals surface area contributed by atoms with E-state index in [-0.39, 0.29) is 17.9 Å². The number of nitrogens with one attached hydrogen (secondary N) is 2. The fourth-order valence-electron chi connectivity index (χ4n) is 2.40. The summed E-state index contributed by atoms with van der Waals surface area (Å²) in [7, 11) is 0. The van der Waals surface area contributed by atoms with E-state index in [1.807, 2.05) is 5.48 Å². The van der Waals surface area contributed by atoms with Crippen molar-refractivity contribution in [1.29, 1.82) is 0 Å². The van der Waals surface area contributed by atoms with Gasteiger partial charge in [-0.2, -0.15) is 0 Å². The summed E-state index contributed by atoms with van der Waals surface area (Å²) in [4.78, 5) is 21.9. The van der Waals surface area contributed by atoms with Crippen LogP contribution < -0.4 is 10.8 Å². The lowest BCUT2D eigenvalue weighted by atomic mass is 10.1. The minimum absolute atomic E-state index is 0.204. The van der Waals surface area contributed by atoms with Crippen LogP contribution in [0.25, 0.3) is 0 Å². The highest BCUT2D eigenvalue weighted by Crippen LogP contribution is 2.30. The minimum Gasteiger partial charge on any atom is -0.394 e. The smallest absolute Gasteiger partial charge is 0.277 e. The maximum atomic E-state index is 14.9. The van der Waals surface area contributed by atoms with Crippen LogP contribution in [-0.2, 0) is 9.68 Å². The van der Waals surface area contributed by atoms with Crippen LogP contribution in [0.3, 0.4) is 0 Å². The Morgan fingerprint density at radius 2 is 1.91 bits per heavy atom. The van der Waals surface area contributed by atoms with Gasteiger partial charge in [-0.15, -0.1) is 6.42 Å². The number of carbonyl (C=O) groups excluding carboxylic acids is 1. The summed E-state index contributed by atoms with van der Waals surface area (Å²) >= 11 is 0. The number of anilines is 2. The molecule has 0 saturated heterocycles. The molecule has 0 saturated carbocycles. The lowest BCUT2D eigenvalue weighted by molar-refractivity contribution is -0.0163. The van der Waals surface area contributed by atoms with Gasteiger partial charge in [0, 0.05) is 11.1 Å². The molecule has 1 amide bonds. The van der Waals surface area contributed by atoms with Crippen molar-refractivity contribution < 1.29 is 43.0 Å². The molecule has 0 radical (unpaired) electrons. The number of benzene rings is 2. The van der Waals surface area contributed by atoms with Crippen LogP contribution in [-0.4, -0.2) is 60.0 Å². The summed E-state index contributed by atoms with van der Waals surface area (Å²) in [6.45, 7) is -1.89. The van der Waals surface area contributed by atoms with Gasteiger partial charge in [-0.3, -0.25) is 9.63 Å². The zero-order valence-corrected chi connectivity index (χ0v) is 17.0. The average Bonchev–Trinajstić information content (AvgIpc) is 2.82. The third kappa shape index (κ3) is 6.67. The van der Waals surface area contributed by atoms with E-state index in [0.29, 0.717) is 6.21 Å². The van der Waals surface area contributed by atoms with Gasteiger partial charge in [0.15, 0.2) is 17.7 Å². The third-order valence-electron chi connectivity index (χ3n) is 4.04. The van der Waals surface area contributed by atoms with E-state index in [1.165, 1.54) is 12.1 Å². The van der Waals surface area contributed by atoms with Gasteiger partial charge in [-0.25, -0.2) is 18.7 Å². The quantitative estimate of drug-likeness (QED) is 0.145. The second kappa shape index (κ2) is 12.4. The Labute approximate surface area is 186 Å². The van der Waals surface area contributed by atoms with Crippen molar-refractivity contribution >= 4 is 23.5 Å². The van der Waals surface area contributed by atoms with Crippen molar-refractivity contribution in [2.75, 3.05) is 31.7 Å². The SMILES string of the molecule is C#Cc1ccc(Nc2c(C(=O)NOCCO)cc(C=NOC(CO)CO)c(F)c2F)c(F)c1. The first-order valence-corrected chi connectivity index (χ1v) is 9.35. The molecule has 0 aliphatic heterocycles. The average molecular weight is 467 g/mol. The lowest BCUT2D eigenvalue weighted by Crippen LogP contribution is -2.26. The molecule has 0 aromatic heterocycles. The van der Waals surface area contributed by atoms with Crippen LogP contribution in [0.15, 0.2) is 29.4 Å². The summed E-state index contributed by atoms with van der Waals surface area (Å²) in [6, 6.07) is 4.39. The van der Waals surface area contributed by atoms with Gasteiger partial charge >= 0.3 is 0 Å². The Hall–Kier alpha value is -3.63. The molecule has 0 spiro atoms. The fraction of sp³-hybridized carbons (Fsp3) is 0.238. The molecule has 0 atom stereocenters. The van der Waals surface area contributed by atoms with Gasteiger partial charge in [0.2, 0.25) is 0 Å². The summed E-state index contributed by atoms with van der Waals surface area (Å²) < 4.78 is 43.9. The van der Waals surface area contributed by atoms with Gasteiger partial charge in [-0.1, -0.05) is 11.1 Å². The number of hydrogen-bond donors (Lipinski definition) is 5. The van der Waals surface area contributed by atoms with Gasteiger partial charge in [0.05, 0.1) is 49.6 Å². The van der Waals surface area contributed by atoms with E-state index in [0.717, 1.165) is 12.1 Å². The van der Waals surface area contributed by atoms with Crippen molar-refractivity contribution in [3.63, 3.8) is 0 Å². The van der Waals surface area contributed by atoms with E-state index in [4.69, 9.17) is 31.4 Å². The maximum Gasteiger partial charge on any atom is 0.277 e. The Balaban J connectivity index is 2.48. The number of aliphatic hydroxyl groups excluding tert-OH is 3. The van der Waals surface area contributed by atoms with Crippen molar-refractivity contribution in [2.45, 2.75) is 6.10 Å². The number of terminal acetylenes is 1. The second-order valence-electron chi connectivity index (χ2n) is 6.31. The van der Waals surface area contributed by atoms with Gasteiger partial charge in [-0.05, 0) is 24.3 Å². The molecule has 176 valence electrons. The molecule has 2 aromatic carbocycles. The molecule has 0 bridgehead atoms. The Morgan fingerprint density at radius 1 is 1.18 bits per heavy atom. The number of aliphatic hydroxyl groups is 3. The van der Waals surface area contributed by atoms with Crippen molar-refractivity contribution in [2.24, 2.45) is 5.16 Å². The zero-order chi connectivity index (χ0) is 24.4. The molecule has 2 aromatic rings. The van der Waals surface area contributed by atoms with Crippen LogP contribution in [0.5, 0.6) is 0 Å². The highest BCUT2D eigenvalue weighted by atomic mass is 19.2. The maximum absolute atomic E-state index is 14.9. The highest BCUT2D eigenvalue weighted by Gasteiger charge is 2.23. The van der Waals surface area contributed by atoms with Gasteiger partial charge in [0.1, 0.15) is 5.82 Å². The normalized spacial score (nSPS) is 11.0. The molecule has 12 heteroatoms. The fourth-order valence-corrected chi connectivity index (χ4v) is 2.40. The standard InChI is InChI=1S/C21H20F3N3O6/c1-2-12-3-4-17(16(22)7-12)26-20-15(21(31)27-32-6-5-28)8-13(18(23)19(20)24)9-25-33-14(10-29)11-30/h1,3-4,7-9,14,26,28-30H,5-6,10-11H2,(H,27,31). The Bertz CT molecular complexity index is 1050. The summed E-state index contributed by atoms with van der Waals surface area (Å²) in [5, 5.41) is 32.3. The zero-order valence-electron chi connectivity index (χ0n) is 17.0. The van der Waals surface area contributed by atoms with Crippen molar-refractivity contribution in [1.82, 2.24) is 5.48 Å². The minimum atomic E-state index is -1.55. The molecule has 0 fully saturated rings. The molecular weight excluding hydrogens is 447 g/mol. The first kappa shape index (κ1) is 25.6. The molecular formula is C21H20F3N3O6. The van der Waals surface area contributed by atoms with E-state index in [9.17, 15) is 18.0 Å². The first-order chi connectivity index (χ1) is 15.9. The van der Waals surface area contributed by atoms with Crippen LogP contribution in [0, 0.1) is 29.8 Å². The number of rotatable bonds is 11. The molecule has 0 aliphatic carbocycles. The van der Waals surface area contributed by atoms with E-state index in [2.05, 4.69) is 16.4 Å². The molecule has 0 unspecified atom stereocenters. The lowest BCUT2D eigenvalue weighted by Gasteiger charge is -2.16. The number of halogens is 3. The largest absolute Gasteiger partial charge is 0.394 e. The molecule has 0 heterocycles. The molecule has 33 heavy (non-hydrogen) atoms. The van der Waals surface area contributed by atoms with E-state index in [1.54, 1.807) is 0 Å². The van der Waals surface area contributed by atoms with Crippen molar-refractivity contribution in [3.8, 4) is 12.3 Å². The Kier molecular flexibility index (Phi) is 9.64. The highest BCUT2D eigenvalue weighted by molar-refractivity contribution is 6.01. The Morgan fingerprint density at radius 3 is 2.52 bits per heavy atom. The summed E-state index contributed by atoms with van der Waals surface area (Å²) in [5.41, 5.74) is 0.0844. The monoisotopic (exact) mass is 467 g/mol. The van der Waals surface area contributed by atoms with Gasteiger partial charge < -0.3 is 25.5 Å². The molecule has 0 aliphatic rings. The summed E-state index contributed by atoms with van der Waals surface area (Å²) in [6.07, 6.45) is 4.82. The number of carbonyl (C=O) groups is 1. The van der Waals surface area contributed by atoms with Crippen LogP contribution in [0.2, 0.25) is 0 Å². The predicted octanol–water partition coefficient (Wildman–Crippen LogP) is 1.19. The van der Waals surface area contributed by atoms with Crippen LogP contribution >= 0.6 is 0 Å². The first-order valence-electron chi connectivity index (χ1n) is 9.35. The van der Waals surface area contributed by atoms with Crippen LogP contribution in [0.4, 0.5) is 24.5 Å². The number of oxime groups is 1.